The van der Waals surface area contributed by atoms with Gasteiger partial charge in [-0.25, -0.2) is 8.42 Å². The summed E-state index contributed by atoms with van der Waals surface area (Å²) >= 11 is 6.11. The molecule has 9 heteroatoms. The molecule has 1 amide bonds. The van der Waals surface area contributed by atoms with Crippen LogP contribution in [0.1, 0.15) is 6.92 Å². The third-order valence-corrected chi connectivity index (χ3v) is 5.88. The van der Waals surface area contributed by atoms with Crippen LogP contribution in [0.4, 0.5) is 5.69 Å². The zero-order valence-corrected chi connectivity index (χ0v) is 14.9. The van der Waals surface area contributed by atoms with E-state index >= 15 is 0 Å². The van der Waals surface area contributed by atoms with Crippen molar-refractivity contribution in [2.75, 3.05) is 45.7 Å². The number of sulfonamides is 1. The predicted octanol–water partition coefficient (Wildman–Crippen LogP) is 1.24. The highest BCUT2D eigenvalue weighted by molar-refractivity contribution is 7.89. The fourth-order valence-corrected chi connectivity index (χ4v) is 4.21. The van der Waals surface area contributed by atoms with Crippen molar-refractivity contribution in [3.8, 4) is 5.75 Å². The van der Waals surface area contributed by atoms with Gasteiger partial charge in [0, 0.05) is 39.2 Å². The number of halogens is 1. The number of hydrogen-bond donors (Lipinski definition) is 1. The number of methoxy groups -OCH3 is 1. The van der Waals surface area contributed by atoms with E-state index in [1.165, 1.54) is 30.5 Å². The van der Waals surface area contributed by atoms with Gasteiger partial charge in [-0.2, -0.15) is 4.31 Å². The van der Waals surface area contributed by atoms with E-state index in [0.717, 1.165) is 0 Å². The van der Waals surface area contributed by atoms with Crippen molar-refractivity contribution in [3.05, 3.63) is 17.2 Å². The Labute approximate surface area is 141 Å². The number of nitrogens with zero attached hydrogens (tertiary/aromatic N) is 2. The third-order valence-electron chi connectivity index (χ3n) is 3.64. The van der Waals surface area contributed by atoms with Gasteiger partial charge < -0.3 is 15.0 Å². The standard InChI is InChI=1S/C14H20ClN3O4S/c1-10(19)16-12-9-13(22-3)14(8-11(12)15)23(20,21)18-6-4-17(2)5-7-18/h8-9H,4-7H2,1-3H3,(H,16,19). The summed E-state index contributed by atoms with van der Waals surface area (Å²) < 4.78 is 32.3. The number of anilines is 1. The van der Waals surface area contributed by atoms with Gasteiger partial charge in [0.1, 0.15) is 10.6 Å². The summed E-state index contributed by atoms with van der Waals surface area (Å²) in [5, 5.41) is 2.69. The molecule has 0 unspecified atom stereocenters. The minimum atomic E-state index is -3.71. The molecule has 128 valence electrons. The molecule has 1 heterocycles. The summed E-state index contributed by atoms with van der Waals surface area (Å²) in [6, 6.07) is 2.74. The van der Waals surface area contributed by atoms with Crippen LogP contribution in [-0.4, -0.2) is 63.9 Å². The number of amides is 1. The molecule has 1 aromatic carbocycles. The van der Waals surface area contributed by atoms with Crippen molar-refractivity contribution in [2.24, 2.45) is 0 Å². The summed E-state index contributed by atoms with van der Waals surface area (Å²) in [6.07, 6.45) is 0. The van der Waals surface area contributed by atoms with Gasteiger partial charge in [0.2, 0.25) is 15.9 Å². The monoisotopic (exact) mass is 361 g/mol. The van der Waals surface area contributed by atoms with E-state index in [4.69, 9.17) is 16.3 Å². The number of likely N-dealkylation sites (N-methyl/N-ethyl adjacent to an activating group) is 1. The number of carbonyl (C=O) groups is 1. The summed E-state index contributed by atoms with van der Waals surface area (Å²) in [4.78, 5) is 13.3. The van der Waals surface area contributed by atoms with Crippen LogP contribution in [0.2, 0.25) is 5.02 Å². The lowest BCUT2D eigenvalue weighted by Gasteiger charge is -2.32. The van der Waals surface area contributed by atoms with Crippen LogP contribution < -0.4 is 10.1 Å². The SMILES string of the molecule is COc1cc(NC(C)=O)c(Cl)cc1S(=O)(=O)N1CCN(C)CC1. The van der Waals surface area contributed by atoms with Crippen molar-refractivity contribution in [3.63, 3.8) is 0 Å². The molecule has 1 fully saturated rings. The number of nitrogens with one attached hydrogen (secondary N) is 1. The molecule has 0 atom stereocenters. The molecule has 23 heavy (non-hydrogen) atoms. The van der Waals surface area contributed by atoms with Crippen LogP contribution in [0.5, 0.6) is 5.75 Å². The largest absolute Gasteiger partial charge is 0.495 e. The maximum atomic E-state index is 12.8. The van der Waals surface area contributed by atoms with Crippen LogP contribution >= 0.6 is 11.6 Å². The first-order valence-electron chi connectivity index (χ1n) is 7.09. The molecule has 2 rings (SSSR count). The highest BCUT2D eigenvalue weighted by Gasteiger charge is 2.31. The average Bonchev–Trinajstić information content (AvgIpc) is 2.48. The first-order valence-corrected chi connectivity index (χ1v) is 8.91. The summed E-state index contributed by atoms with van der Waals surface area (Å²) in [6.45, 7) is 3.50. The second-order valence-electron chi connectivity index (χ2n) is 5.37. The minimum absolute atomic E-state index is 0.00338. The Kier molecular flexibility index (Phi) is 5.51. The molecule has 0 radical (unpaired) electrons. The quantitative estimate of drug-likeness (QED) is 0.873. The van der Waals surface area contributed by atoms with Gasteiger partial charge in [0.15, 0.2) is 0 Å². The molecule has 1 saturated heterocycles. The summed E-state index contributed by atoms with van der Waals surface area (Å²) in [5.74, 6) is -0.152. The van der Waals surface area contributed by atoms with Gasteiger partial charge in [-0.05, 0) is 13.1 Å². The van der Waals surface area contributed by atoms with Crippen LogP contribution in [0.25, 0.3) is 0 Å². The van der Waals surface area contributed by atoms with Gasteiger partial charge in [-0.15, -0.1) is 0 Å². The zero-order valence-electron chi connectivity index (χ0n) is 13.3. The van der Waals surface area contributed by atoms with Gasteiger partial charge in [0.25, 0.3) is 0 Å². The van der Waals surface area contributed by atoms with E-state index in [9.17, 15) is 13.2 Å². The Balaban J connectivity index is 2.41. The van der Waals surface area contributed by atoms with Crippen molar-refractivity contribution in [1.29, 1.82) is 0 Å². The molecular weight excluding hydrogens is 342 g/mol. The lowest BCUT2D eigenvalue weighted by molar-refractivity contribution is -0.114. The Morgan fingerprint density at radius 3 is 2.39 bits per heavy atom. The van der Waals surface area contributed by atoms with Gasteiger partial charge in [0.05, 0.1) is 17.8 Å². The predicted molar refractivity (Wildman–Crippen MR) is 88.6 cm³/mol. The fraction of sp³-hybridized carbons (Fsp3) is 0.500. The number of ether oxygens (including phenoxy) is 1. The number of benzene rings is 1. The van der Waals surface area contributed by atoms with Crippen LogP contribution in [0.15, 0.2) is 17.0 Å². The molecule has 1 aromatic rings. The lowest BCUT2D eigenvalue weighted by Crippen LogP contribution is -2.47. The molecule has 0 aliphatic carbocycles. The molecular formula is C14H20ClN3O4S. The maximum absolute atomic E-state index is 12.8. The first-order chi connectivity index (χ1) is 10.8. The normalized spacial score (nSPS) is 17.0. The van der Waals surface area contributed by atoms with E-state index in [1.807, 2.05) is 7.05 Å². The van der Waals surface area contributed by atoms with E-state index in [0.29, 0.717) is 31.9 Å². The minimum Gasteiger partial charge on any atom is -0.495 e. The van der Waals surface area contributed by atoms with E-state index in [2.05, 4.69) is 10.2 Å². The first kappa shape index (κ1) is 18.0. The Bertz CT molecular complexity index is 700. The topological polar surface area (TPSA) is 78.9 Å². The molecule has 0 spiro atoms. The fourth-order valence-electron chi connectivity index (χ4n) is 2.35. The Morgan fingerprint density at radius 1 is 1.26 bits per heavy atom. The molecule has 0 aromatic heterocycles. The number of piperazine rings is 1. The summed E-state index contributed by atoms with van der Waals surface area (Å²) in [7, 11) is -0.385. The Hall–Kier alpha value is -1.35. The van der Waals surface area contributed by atoms with Crippen molar-refractivity contribution in [1.82, 2.24) is 9.21 Å². The molecule has 1 aliphatic heterocycles. The molecule has 0 bridgehead atoms. The van der Waals surface area contributed by atoms with Gasteiger partial charge in [-0.1, -0.05) is 11.6 Å². The summed E-state index contributed by atoms with van der Waals surface area (Å²) in [5.41, 5.74) is 0.313. The van der Waals surface area contributed by atoms with Crippen molar-refractivity contribution < 1.29 is 17.9 Å². The molecule has 0 saturated carbocycles. The molecule has 1 aliphatic rings. The zero-order chi connectivity index (χ0) is 17.2. The highest BCUT2D eigenvalue weighted by Crippen LogP contribution is 2.35. The number of carbonyl (C=O) groups excluding carboxylic acids is 1. The van der Waals surface area contributed by atoms with E-state index in [-0.39, 0.29) is 21.6 Å². The second-order valence-corrected chi connectivity index (χ2v) is 7.69. The van der Waals surface area contributed by atoms with Gasteiger partial charge >= 0.3 is 0 Å². The number of hydrogen-bond acceptors (Lipinski definition) is 5. The maximum Gasteiger partial charge on any atom is 0.246 e. The van der Waals surface area contributed by atoms with E-state index in [1.54, 1.807) is 0 Å². The average molecular weight is 362 g/mol. The molecule has 1 N–H and O–H groups in total. The lowest BCUT2D eigenvalue weighted by atomic mass is 10.3. The van der Waals surface area contributed by atoms with E-state index < -0.39 is 10.0 Å². The van der Waals surface area contributed by atoms with Crippen LogP contribution in [0, 0.1) is 0 Å². The number of rotatable bonds is 4. The van der Waals surface area contributed by atoms with Crippen molar-refractivity contribution >= 4 is 33.2 Å². The molecule has 7 nitrogen and oxygen atoms in total. The Morgan fingerprint density at radius 2 is 1.87 bits per heavy atom. The second kappa shape index (κ2) is 7.04. The highest BCUT2D eigenvalue weighted by atomic mass is 35.5. The van der Waals surface area contributed by atoms with Crippen molar-refractivity contribution in [2.45, 2.75) is 11.8 Å². The smallest absolute Gasteiger partial charge is 0.246 e. The van der Waals surface area contributed by atoms with Crippen LogP contribution in [-0.2, 0) is 14.8 Å². The third kappa shape index (κ3) is 3.95. The van der Waals surface area contributed by atoms with Crippen LogP contribution in [0.3, 0.4) is 0 Å². The van der Waals surface area contributed by atoms with Gasteiger partial charge in [-0.3, -0.25) is 4.79 Å².